The van der Waals surface area contributed by atoms with Crippen LogP contribution in [-0.2, 0) is 16.1 Å². The molecule has 7 heteroatoms. The topological polar surface area (TPSA) is 58.6 Å². The average molecular weight is 468 g/mol. The highest BCUT2D eigenvalue weighted by Crippen LogP contribution is 2.22. The zero-order valence-corrected chi connectivity index (χ0v) is 18.5. The number of hydrogen-bond acceptors (Lipinski definition) is 3. The van der Waals surface area contributed by atoms with Gasteiger partial charge in [-0.3, -0.25) is 9.59 Å². The minimum absolute atomic E-state index is 0.151. The van der Waals surface area contributed by atoms with Gasteiger partial charge in [-0.25, -0.2) is 0 Å². The van der Waals surface area contributed by atoms with Crippen molar-refractivity contribution in [3.63, 3.8) is 0 Å². The van der Waals surface area contributed by atoms with Crippen molar-refractivity contribution in [2.24, 2.45) is 0 Å². The van der Waals surface area contributed by atoms with Crippen LogP contribution in [0, 0.1) is 6.92 Å². The Labute approximate surface area is 179 Å². The van der Waals surface area contributed by atoms with Crippen LogP contribution >= 0.6 is 27.5 Å². The molecule has 1 N–H and O–H groups in total. The number of amides is 2. The van der Waals surface area contributed by atoms with Crippen LogP contribution in [0.1, 0.15) is 24.5 Å². The zero-order chi connectivity index (χ0) is 20.7. The smallest absolute Gasteiger partial charge is 0.261 e. The predicted octanol–water partition coefficient (Wildman–Crippen LogP) is 4.34. The van der Waals surface area contributed by atoms with Crippen LogP contribution in [-0.4, -0.2) is 36.4 Å². The average Bonchev–Trinajstić information content (AvgIpc) is 2.69. The number of halogens is 2. The molecule has 0 spiro atoms. The fourth-order valence-electron chi connectivity index (χ4n) is 2.81. The molecule has 0 fully saturated rings. The summed E-state index contributed by atoms with van der Waals surface area (Å²) in [7, 11) is 1.57. The van der Waals surface area contributed by atoms with Gasteiger partial charge in [0.05, 0.1) is 0 Å². The van der Waals surface area contributed by atoms with E-state index in [-0.39, 0.29) is 18.4 Å². The lowest BCUT2D eigenvalue weighted by molar-refractivity contribution is -0.142. The summed E-state index contributed by atoms with van der Waals surface area (Å²) in [5.41, 5.74) is 1.90. The van der Waals surface area contributed by atoms with Crippen LogP contribution in [0.2, 0.25) is 5.02 Å². The van der Waals surface area contributed by atoms with Gasteiger partial charge in [-0.1, -0.05) is 46.6 Å². The number of hydrogen-bond donors (Lipinski definition) is 1. The first-order valence-corrected chi connectivity index (χ1v) is 10.2. The molecule has 0 aliphatic heterocycles. The van der Waals surface area contributed by atoms with E-state index in [1.165, 1.54) is 0 Å². The van der Waals surface area contributed by atoms with Gasteiger partial charge in [-0.2, -0.15) is 0 Å². The number of carbonyl (C=O) groups is 2. The Hall–Kier alpha value is -2.05. The number of nitrogens with one attached hydrogen (secondary N) is 1. The summed E-state index contributed by atoms with van der Waals surface area (Å²) in [6.45, 7) is 3.97. The predicted molar refractivity (Wildman–Crippen MR) is 115 cm³/mol. The van der Waals surface area contributed by atoms with Gasteiger partial charge in [0.25, 0.3) is 5.91 Å². The van der Waals surface area contributed by atoms with Crippen molar-refractivity contribution in [2.75, 3.05) is 13.7 Å². The molecule has 0 radical (unpaired) electrons. The van der Waals surface area contributed by atoms with Gasteiger partial charge < -0.3 is 15.0 Å². The number of rotatable bonds is 8. The zero-order valence-electron chi connectivity index (χ0n) is 16.2. The number of nitrogens with zero attached hydrogens (tertiary/aromatic N) is 1. The van der Waals surface area contributed by atoms with Crippen molar-refractivity contribution in [3.8, 4) is 5.75 Å². The molecule has 0 heterocycles. The Bertz CT molecular complexity index is 827. The number of aryl methyl sites for hydroxylation is 1. The van der Waals surface area contributed by atoms with Gasteiger partial charge >= 0.3 is 0 Å². The first kappa shape index (κ1) is 22.2. The Morgan fingerprint density at radius 2 is 1.89 bits per heavy atom. The fraction of sp³-hybridized carbons (Fsp3) is 0.333. The van der Waals surface area contributed by atoms with Crippen molar-refractivity contribution in [3.05, 3.63) is 63.1 Å². The minimum Gasteiger partial charge on any atom is -0.484 e. The van der Waals surface area contributed by atoms with Crippen LogP contribution in [0.4, 0.5) is 0 Å². The summed E-state index contributed by atoms with van der Waals surface area (Å²) < 4.78 is 6.66. The molecule has 0 aromatic heterocycles. The van der Waals surface area contributed by atoms with Gasteiger partial charge in [0.15, 0.2) is 6.61 Å². The van der Waals surface area contributed by atoms with Crippen LogP contribution in [0.5, 0.6) is 5.75 Å². The van der Waals surface area contributed by atoms with Crippen molar-refractivity contribution < 1.29 is 14.3 Å². The number of benzene rings is 2. The summed E-state index contributed by atoms with van der Waals surface area (Å²) >= 11 is 9.39. The second-order valence-electron chi connectivity index (χ2n) is 6.39. The second kappa shape index (κ2) is 10.5. The van der Waals surface area contributed by atoms with E-state index in [1.807, 2.05) is 38.1 Å². The van der Waals surface area contributed by atoms with Crippen molar-refractivity contribution in [1.29, 1.82) is 0 Å². The lowest BCUT2D eigenvalue weighted by Crippen LogP contribution is -2.49. The van der Waals surface area contributed by atoms with Crippen LogP contribution < -0.4 is 10.1 Å². The maximum absolute atomic E-state index is 12.9. The molecule has 0 saturated carbocycles. The maximum atomic E-state index is 12.9. The molecule has 0 aliphatic carbocycles. The van der Waals surface area contributed by atoms with Crippen molar-refractivity contribution >= 4 is 39.3 Å². The molecular formula is C21H24BrClN2O3. The first-order chi connectivity index (χ1) is 13.3. The highest BCUT2D eigenvalue weighted by molar-refractivity contribution is 9.10. The third-order valence-corrected chi connectivity index (χ3v) is 5.53. The molecule has 2 rings (SSSR count). The molecular weight excluding hydrogens is 444 g/mol. The quantitative estimate of drug-likeness (QED) is 0.628. The molecule has 2 aromatic rings. The third-order valence-electron chi connectivity index (χ3n) is 4.39. The van der Waals surface area contributed by atoms with Crippen LogP contribution in [0.3, 0.4) is 0 Å². The third kappa shape index (κ3) is 5.97. The van der Waals surface area contributed by atoms with Crippen LogP contribution in [0.25, 0.3) is 0 Å². The van der Waals surface area contributed by atoms with E-state index < -0.39 is 6.04 Å². The molecule has 2 aromatic carbocycles. The number of carbonyl (C=O) groups excluding carboxylic acids is 2. The number of ether oxygens (including phenoxy) is 1. The first-order valence-electron chi connectivity index (χ1n) is 9.00. The molecule has 0 saturated heterocycles. The van der Waals surface area contributed by atoms with E-state index in [0.717, 1.165) is 15.6 Å². The van der Waals surface area contributed by atoms with Gasteiger partial charge in [-0.15, -0.1) is 0 Å². The summed E-state index contributed by atoms with van der Waals surface area (Å²) in [6, 6.07) is 12.2. The highest BCUT2D eigenvalue weighted by atomic mass is 79.9. The van der Waals surface area contributed by atoms with Gasteiger partial charge in [0, 0.05) is 23.1 Å². The van der Waals surface area contributed by atoms with E-state index in [1.54, 1.807) is 30.1 Å². The summed E-state index contributed by atoms with van der Waals surface area (Å²) in [4.78, 5) is 26.8. The largest absolute Gasteiger partial charge is 0.484 e. The van der Waals surface area contributed by atoms with Crippen molar-refractivity contribution in [1.82, 2.24) is 10.2 Å². The molecule has 150 valence electrons. The van der Waals surface area contributed by atoms with E-state index in [0.29, 0.717) is 23.7 Å². The summed E-state index contributed by atoms with van der Waals surface area (Å²) in [5, 5.41) is 3.25. The standard InChI is InChI=1S/C21H24BrClN2O3/c1-4-19(21(27)24-3)25(12-15-5-7-16(23)8-6-15)20(26)13-28-17-9-10-18(22)14(2)11-17/h5-11,19H,4,12-13H2,1-3H3,(H,24,27)/t19-/m0/s1. The van der Waals surface area contributed by atoms with E-state index in [2.05, 4.69) is 21.2 Å². The van der Waals surface area contributed by atoms with Gasteiger partial charge in [-0.05, 0) is 54.8 Å². The van der Waals surface area contributed by atoms with Gasteiger partial charge in [0.2, 0.25) is 5.91 Å². The lowest BCUT2D eigenvalue weighted by atomic mass is 10.1. The molecule has 28 heavy (non-hydrogen) atoms. The monoisotopic (exact) mass is 466 g/mol. The SMILES string of the molecule is CC[C@@H](C(=O)NC)N(Cc1ccc(Cl)cc1)C(=O)COc1ccc(Br)c(C)c1. The molecule has 2 amide bonds. The van der Waals surface area contributed by atoms with Crippen molar-refractivity contribution in [2.45, 2.75) is 32.9 Å². The minimum atomic E-state index is -0.580. The molecule has 0 bridgehead atoms. The van der Waals surface area contributed by atoms with E-state index in [4.69, 9.17) is 16.3 Å². The maximum Gasteiger partial charge on any atom is 0.261 e. The molecule has 0 unspecified atom stereocenters. The molecule has 0 aliphatic rings. The molecule has 1 atom stereocenters. The Morgan fingerprint density at radius 3 is 2.46 bits per heavy atom. The van der Waals surface area contributed by atoms with E-state index >= 15 is 0 Å². The van der Waals surface area contributed by atoms with Crippen LogP contribution in [0.15, 0.2) is 46.9 Å². The second-order valence-corrected chi connectivity index (χ2v) is 7.68. The Morgan fingerprint density at radius 1 is 1.21 bits per heavy atom. The fourth-order valence-corrected chi connectivity index (χ4v) is 3.18. The number of likely N-dealkylation sites (N-methyl/N-ethyl adjacent to an activating group) is 1. The summed E-state index contributed by atoms with van der Waals surface area (Å²) in [6.07, 6.45) is 0.496. The Balaban J connectivity index is 2.18. The van der Waals surface area contributed by atoms with E-state index in [9.17, 15) is 9.59 Å². The lowest BCUT2D eigenvalue weighted by Gasteiger charge is -2.30. The molecule has 5 nitrogen and oxygen atoms in total. The Kier molecular flexibility index (Phi) is 8.33. The van der Waals surface area contributed by atoms with Gasteiger partial charge in [0.1, 0.15) is 11.8 Å². The summed E-state index contributed by atoms with van der Waals surface area (Å²) in [5.74, 6) is 0.142. The highest BCUT2D eigenvalue weighted by Gasteiger charge is 2.28. The normalized spacial score (nSPS) is 11.6.